The lowest BCUT2D eigenvalue weighted by Gasteiger charge is -2.07. The molecule has 0 saturated carbocycles. The van der Waals surface area contributed by atoms with Gasteiger partial charge < -0.3 is 15.3 Å². The van der Waals surface area contributed by atoms with Crippen LogP contribution in [0.4, 0.5) is 0 Å². The van der Waals surface area contributed by atoms with Crippen LogP contribution in [-0.4, -0.2) is 27.4 Å². The van der Waals surface area contributed by atoms with Crippen LogP contribution in [0.1, 0.15) is 18.4 Å². The van der Waals surface area contributed by atoms with Gasteiger partial charge in [-0.2, -0.15) is 0 Å². The molecular weight excluding hydrogens is 196 g/mol. The minimum absolute atomic E-state index is 0.181. The van der Waals surface area contributed by atoms with Gasteiger partial charge in [0.1, 0.15) is 5.75 Å². The molecule has 0 aromatic heterocycles. The van der Waals surface area contributed by atoms with E-state index in [1.165, 1.54) is 0 Å². The van der Waals surface area contributed by atoms with Crippen molar-refractivity contribution in [1.29, 1.82) is 0 Å². The Hall–Kier alpha value is -1.55. The minimum Gasteiger partial charge on any atom is -0.508 e. The smallest absolute Gasteiger partial charge is 0.305 e. The van der Waals surface area contributed by atoms with Crippen LogP contribution in [0.5, 0.6) is 5.75 Å². The van der Waals surface area contributed by atoms with E-state index in [0.717, 1.165) is 5.56 Å². The first-order valence-corrected chi connectivity index (χ1v) is 4.75. The van der Waals surface area contributed by atoms with E-state index in [1.54, 1.807) is 18.2 Å². The summed E-state index contributed by atoms with van der Waals surface area (Å²) in [6, 6.07) is 6.71. The lowest BCUT2D eigenvalue weighted by atomic mass is 10.0. The van der Waals surface area contributed by atoms with E-state index in [4.69, 9.17) is 10.2 Å². The molecule has 0 aliphatic carbocycles. The largest absolute Gasteiger partial charge is 0.508 e. The molecule has 1 aromatic carbocycles. The quantitative estimate of drug-likeness (QED) is 0.681. The first-order valence-electron chi connectivity index (χ1n) is 4.75. The van der Waals surface area contributed by atoms with Crippen LogP contribution in [0.2, 0.25) is 0 Å². The number of carbonyl (C=O) groups is 1. The van der Waals surface area contributed by atoms with E-state index >= 15 is 0 Å². The van der Waals surface area contributed by atoms with Crippen molar-refractivity contribution in [3.8, 4) is 5.75 Å². The molecule has 0 radical (unpaired) electrons. The van der Waals surface area contributed by atoms with Gasteiger partial charge in [-0.05, 0) is 30.5 Å². The number of aliphatic hydroxyl groups excluding tert-OH is 1. The number of phenols is 1. The molecule has 0 aliphatic rings. The van der Waals surface area contributed by atoms with Crippen LogP contribution in [0.3, 0.4) is 0 Å². The van der Waals surface area contributed by atoms with Gasteiger partial charge in [-0.1, -0.05) is 12.1 Å². The third kappa shape index (κ3) is 4.46. The zero-order valence-electron chi connectivity index (χ0n) is 8.26. The molecule has 1 rings (SSSR count). The molecule has 1 unspecified atom stereocenters. The Morgan fingerprint density at radius 2 is 2.13 bits per heavy atom. The summed E-state index contributed by atoms with van der Waals surface area (Å²) < 4.78 is 0. The van der Waals surface area contributed by atoms with Gasteiger partial charge in [0.25, 0.3) is 0 Å². The van der Waals surface area contributed by atoms with E-state index in [9.17, 15) is 9.90 Å². The molecular formula is C11H14O4. The van der Waals surface area contributed by atoms with Crippen molar-refractivity contribution in [2.24, 2.45) is 0 Å². The Bertz CT molecular complexity index is 335. The number of aromatic hydroxyl groups is 1. The topological polar surface area (TPSA) is 77.8 Å². The second kappa shape index (κ2) is 5.36. The Kier molecular flexibility index (Phi) is 4.12. The number of aryl methyl sites for hydroxylation is 1. The number of aliphatic carboxylic acids is 1. The van der Waals surface area contributed by atoms with Gasteiger partial charge >= 0.3 is 5.97 Å². The van der Waals surface area contributed by atoms with Crippen molar-refractivity contribution in [2.45, 2.75) is 25.4 Å². The summed E-state index contributed by atoms with van der Waals surface area (Å²) in [5.41, 5.74) is 0.888. The second-order valence-electron chi connectivity index (χ2n) is 3.46. The van der Waals surface area contributed by atoms with Gasteiger partial charge in [0, 0.05) is 0 Å². The number of benzene rings is 1. The normalized spacial score (nSPS) is 12.3. The molecule has 4 nitrogen and oxygen atoms in total. The van der Waals surface area contributed by atoms with Crippen LogP contribution in [0.25, 0.3) is 0 Å². The predicted octanol–water partition coefficient (Wildman–Crippen LogP) is 1.16. The van der Waals surface area contributed by atoms with Crippen LogP contribution >= 0.6 is 0 Å². The number of hydrogen-bond donors (Lipinski definition) is 3. The predicted molar refractivity (Wildman–Crippen MR) is 54.7 cm³/mol. The van der Waals surface area contributed by atoms with Gasteiger partial charge in [0.05, 0.1) is 12.5 Å². The molecule has 1 aromatic rings. The standard InChI is InChI=1S/C11H14O4/c12-9-3-1-2-8(6-9)4-5-10(13)7-11(14)15/h1-3,6,10,12-13H,4-5,7H2,(H,14,15). The first kappa shape index (κ1) is 11.5. The van der Waals surface area contributed by atoms with Gasteiger partial charge in [-0.3, -0.25) is 4.79 Å². The zero-order valence-corrected chi connectivity index (χ0v) is 8.26. The Balaban J connectivity index is 2.40. The molecule has 4 heteroatoms. The lowest BCUT2D eigenvalue weighted by molar-refractivity contribution is -0.139. The third-order valence-corrected chi connectivity index (χ3v) is 2.09. The summed E-state index contributed by atoms with van der Waals surface area (Å²) in [7, 11) is 0. The molecule has 0 saturated heterocycles. The van der Waals surface area contributed by atoms with E-state index < -0.39 is 12.1 Å². The number of carboxylic acids is 1. The summed E-state index contributed by atoms with van der Waals surface area (Å²) in [6.07, 6.45) is -0.123. The van der Waals surface area contributed by atoms with Crippen molar-refractivity contribution in [1.82, 2.24) is 0 Å². The van der Waals surface area contributed by atoms with Gasteiger partial charge in [0.2, 0.25) is 0 Å². The summed E-state index contributed by atoms with van der Waals surface area (Å²) in [5.74, 6) is -0.821. The molecule has 0 bridgehead atoms. The summed E-state index contributed by atoms with van der Waals surface area (Å²) >= 11 is 0. The summed E-state index contributed by atoms with van der Waals surface area (Å²) in [6.45, 7) is 0. The van der Waals surface area contributed by atoms with Gasteiger partial charge in [-0.25, -0.2) is 0 Å². The van der Waals surface area contributed by atoms with Crippen molar-refractivity contribution in [2.75, 3.05) is 0 Å². The monoisotopic (exact) mass is 210 g/mol. The fourth-order valence-electron chi connectivity index (χ4n) is 1.35. The molecule has 3 N–H and O–H groups in total. The average molecular weight is 210 g/mol. The summed E-state index contributed by atoms with van der Waals surface area (Å²) in [5, 5.41) is 26.9. The molecule has 15 heavy (non-hydrogen) atoms. The summed E-state index contributed by atoms with van der Waals surface area (Å²) in [4.78, 5) is 10.3. The van der Waals surface area contributed by atoms with Crippen molar-refractivity contribution < 1.29 is 20.1 Å². The molecule has 0 fully saturated rings. The first-order chi connectivity index (χ1) is 7.08. The van der Waals surface area contributed by atoms with Crippen molar-refractivity contribution in [3.05, 3.63) is 29.8 Å². The van der Waals surface area contributed by atoms with Crippen LogP contribution < -0.4 is 0 Å². The third-order valence-electron chi connectivity index (χ3n) is 2.09. The van der Waals surface area contributed by atoms with E-state index in [1.807, 2.05) is 6.07 Å². The highest BCUT2D eigenvalue weighted by atomic mass is 16.4. The Labute approximate surface area is 87.8 Å². The number of carboxylic acid groups (broad SMARTS) is 1. The Morgan fingerprint density at radius 1 is 1.40 bits per heavy atom. The number of hydrogen-bond acceptors (Lipinski definition) is 3. The fourth-order valence-corrected chi connectivity index (χ4v) is 1.35. The van der Waals surface area contributed by atoms with Gasteiger partial charge in [-0.15, -0.1) is 0 Å². The minimum atomic E-state index is -1.00. The molecule has 0 spiro atoms. The maximum absolute atomic E-state index is 10.3. The SMILES string of the molecule is O=C(O)CC(O)CCc1cccc(O)c1. The van der Waals surface area contributed by atoms with E-state index in [2.05, 4.69) is 0 Å². The van der Waals surface area contributed by atoms with E-state index in [-0.39, 0.29) is 12.2 Å². The molecule has 0 amide bonds. The van der Waals surface area contributed by atoms with Crippen LogP contribution in [0, 0.1) is 0 Å². The molecule has 0 aliphatic heterocycles. The number of phenolic OH excluding ortho intramolecular Hbond substituents is 1. The number of aliphatic hydroxyl groups is 1. The second-order valence-corrected chi connectivity index (χ2v) is 3.46. The zero-order chi connectivity index (χ0) is 11.3. The Morgan fingerprint density at radius 3 is 2.73 bits per heavy atom. The maximum Gasteiger partial charge on any atom is 0.305 e. The van der Waals surface area contributed by atoms with Crippen molar-refractivity contribution >= 4 is 5.97 Å². The lowest BCUT2D eigenvalue weighted by Crippen LogP contribution is -2.13. The van der Waals surface area contributed by atoms with Crippen LogP contribution in [0.15, 0.2) is 24.3 Å². The maximum atomic E-state index is 10.3. The molecule has 0 heterocycles. The van der Waals surface area contributed by atoms with Crippen LogP contribution in [-0.2, 0) is 11.2 Å². The highest BCUT2D eigenvalue weighted by Crippen LogP contribution is 2.13. The molecule has 1 atom stereocenters. The average Bonchev–Trinajstić information content (AvgIpc) is 2.14. The fraction of sp³-hybridized carbons (Fsp3) is 0.364. The highest BCUT2D eigenvalue weighted by Gasteiger charge is 2.09. The van der Waals surface area contributed by atoms with Gasteiger partial charge in [0.15, 0.2) is 0 Å². The highest BCUT2D eigenvalue weighted by molar-refractivity contribution is 5.67. The van der Waals surface area contributed by atoms with Crippen molar-refractivity contribution in [3.63, 3.8) is 0 Å². The number of rotatable bonds is 5. The van der Waals surface area contributed by atoms with E-state index in [0.29, 0.717) is 12.8 Å². The molecule has 82 valence electrons.